The molecule has 0 radical (unpaired) electrons. The second kappa shape index (κ2) is 5.63. The van der Waals surface area contributed by atoms with Gasteiger partial charge >= 0.3 is 0 Å². The summed E-state index contributed by atoms with van der Waals surface area (Å²) in [5.74, 6) is 1.64. The van der Waals surface area contributed by atoms with Gasteiger partial charge in [-0.05, 0) is 24.1 Å². The number of benzene rings is 1. The molecule has 1 aliphatic rings. The largest absolute Gasteiger partial charge is 0.334 e. The third-order valence-corrected chi connectivity index (χ3v) is 4.41. The fourth-order valence-electron chi connectivity index (χ4n) is 1.51. The van der Waals surface area contributed by atoms with E-state index < -0.39 is 0 Å². The molecular formula is C12H14BrClN2S. The zero-order valence-corrected chi connectivity index (χ0v) is 12.9. The summed E-state index contributed by atoms with van der Waals surface area (Å²) in [5, 5.41) is 4.95. The van der Waals surface area contributed by atoms with Gasteiger partial charge in [0.1, 0.15) is 0 Å². The Balaban J connectivity index is 2.09. The second-order valence-corrected chi connectivity index (χ2v) is 6.64. The predicted octanol–water partition coefficient (Wildman–Crippen LogP) is 4.64. The lowest BCUT2D eigenvalue weighted by Crippen LogP contribution is -2.12. The van der Waals surface area contributed by atoms with Crippen LogP contribution in [0.3, 0.4) is 0 Å². The first-order chi connectivity index (χ1) is 8.06. The van der Waals surface area contributed by atoms with E-state index in [1.54, 1.807) is 11.8 Å². The van der Waals surface area contributed by atoms with E-state index in [-0.39, 0.29) is 0 Å². The van der Waals surface area contributed by atoms with Gasteiger partial charge < -0.3 is 5.32 Å². The van der Waals surface area contributed by atoms with E-state index in [0.29, 0.717) is 17.0 Å². The molecule has 1 aliphatic heterocycles. The van der Waals surface area contributed by atoms with Gasteiger partial charge in [0.05, 0.1) is 16.8 Å². The first-order valence-corrected chi connectivity index (χ1v) is 7.64. The van der Waals surface area contributed by atoms with Gasteiger partial charge in [0.2, 0.25) is 0 Å². The quantitative estimate of drug-likeness (QED) is 0.852. The molecule has 1 atom stereocenters. The average Bonchev–Trinajstić information content (AvgIpc) is 2.71. The van der Waals surface area contributed by atoms with Crippen LogP contribution in [-0.2, 0) is 0 Å². The highest BCUT2D eigenvalue weighted by atomic mass is 79.9. The van der Waals surface area contributed by atoms with Crippen molar-refractivity contribution in [2.75, 3.05) is 11.1 Å². The minimum absolute atomic E-state index is 0.414. The van der Waals surface area contributed by atoms with Crippen LogP contribution >= 0.6 is 39.3 Å². The van der Waals surface area contributed by atoms with Gasteiger partial charge in [0, 0.05) is 10.2 Å². The van der Waals surface area contributed by atoms with E-state index in [0.717, 1.165) is 21.1 Å². The predicted molar refractivity (Wildman–Crippen MR) is 81.3 cm³/mol. The molecule has 0 saturated heterocycles. The Bertz CT molecular complexity index is 448. The Morgan fingerprint density at radius 1 is 1.53 bits per heavy atom. The summed E-state index contributed by atoms with van der Waals surface area (Å²) in [4.78, 5) is 4.64. The van der Waals surface area contributed by atoms with Crippen LogP contribution in [0.5, 0.6) is 0 Å². The number of halogens is 2. The first-order valence-electron chi connectivity index (χ1n) is 5.49. The lowest BCUT2D eigenvalue weighted by atomic mass is 10.1. The Labute approximate surface area is 119 Å². The summed E-state index contributed by atoms with van der Waals surface area (Å²) in [6, 6.07) is 6.22. The number of nitrogens with zero attached hydrogens (tertiary/aromatic N) is 1. The zero-order valence-electron chi connectivity index (χ0n) is 9.71. The van der Waals surface area contributed by atoms with E-state index in [1.165, 1.54) is 0 Å². The van der Waals surface area contributed by atoms with Gasteiger partial charge in [-0.1, -0.05) is 53.1 Å². The van der Waals surface area contributed by atoms with Crippen molar-refractivity contribution in [2.24, 2.45) is 10.9 Å². The maximum Gasteiger partial charge on any atom is 0.161 e. The van der Waals surface area contributed by atoms with Gasteiger partial charge in [-0.3, -0.25) is 4.99 Å². The summed E-state index contributed by atoms with van der Waals surface area (Å²) in [6.07, 6.45) is 0. The third-order valence-electron chi connectivity index (χ3n) is 2.62. The number of amidine groups is 1. The number of aliphatic imine (C=N–C) groups is 1. The molecule has 5 heteroatoms. The molecule has 1 aromatic rings. The van der Waals surface area contributed by atoms with Gasteiger partial charge in [0.15, 0.2) is 5.17 Å². The number of hydrogen-bond acceptors (Lipinski definition) is 3. The molecule has 1 heterocycles. The molecule has 0 saturated carbocycles. The minimum Gasteiger partial charge on any atom is -0.334 e. The molecule has 2 rings (SSSR count). The normalized spacial score (nSPS) is 19.6. The molecule has 17 heavy (non-hydrogen) atoms. The molecule has 2 nitrogen and oxygen atoms in total. The highest BCUT2D eigenvalue weighted by Crippen LogP contribution is 2.29. The van der Waals surface area contributed by atoms with Crippen LogP contribution in [0.25, 0.3) is 0 Å². The zero-order chi connectivity index (χ0) is 12.4. The van der Waals surface area contributed by atoms with Crippen molar-refractivity contribution >= 4 is 50.1 Å². The molecule has 92 valence electrons. The molecule has 0 aromatic heterocycles. The molecule has 0 aliphatic carbocycles. The Hall–Kier alpha value is -0.190. The van der Waals surface area contributed by atoms with Crippen molar-refractivity contribution in [1.82, 2.24) is 0 Å². The highest BCUT2D eigenvalue weighted by molar-refractivity contribution is 9.10. The van der Waals surface area contributed by atoms with Crippen LogP contribution in [0, 0.1) is 5.92 Å². The first kappa shape index (κ1) is 13.2. The summed E-state index contributed by atoms with van der Waals surface area (Å²) in [5.41, 5.74) is 0.908. The molecular weight excluding hydrogens is 320 g/mol. The highest BCUT2D eigenvalue weighted by Gasteiger charge is 2.21. The van der Waals surface area contributed by atoms with E-state index in [2.05, 4.69) is 40.1 Å². The number of anilines is 1. The molecule has 1 unspecified atom stereocenters. The van der Waals surface area contributed by atoms with E-state index >= 15 is 0 Å². The van der Waals surface area contributed by atoms with E-state index in [1.807, 2.05) is 18.2 Å². The van der Waals surface area contributed by atoms with Crippen molar-refractivity contribution in [1.29, 1.82) is 0 Å². The van der Waals surface area contributed by atoms with Gasteiger partial charge in [-0.25, -0.2) is 0 Å². The Kier molecular flexibility index (Phi) is 4.39. The van der Waals surface area contributed by atoms with Crippen LogP contribution < -0.4 is 5.32 Å². The van der Waals surface area contributed by atoms with Crippen molar-refractivity contribution < 1.29 is 0 Å². The minimum atomic E-state index is 0.414. The molecule has 0 bridgehead atoms. The van der Waals surface area contributed by atoms with E-state index in [9.17, 15) is 0 Å². The lowest BCUT2D eigenvalue weighted by molar-refractivity contribution is 0.543. The fraction of sp³-hybridized carbons (Fsp3) is 0.417. The number of nitrogens with one attached hydrogen (secondary N) is 1. The monoisotopic (exact) mass is 332 g/mol. The summed E-state index contributed by atoms with van der Waals surface area (Å²) in [6.45, 7) is 4.40. The lowest BCUT2D eigenvalue weighted by Gasteiger charge is -2.08. The van der Waals surface area contributed by atoms with Crippen LogP contribution in [0.1, 0.15) is 13.8 Å². The van der Waals surface area contributed by atoms with Crippen molar-refractivity contribution in [3.63, 3.8) is 0 Å². The maximum atomic E-state index is 6.15. The number of hydrogen-bond donors (Lipinski definition) is 1. The standard InChI is InChI=1S/C12H14BrClN2S/c1-7(2)11-6-17-12(16-11)15-10-4-3-8(13)5-9(10)14/h3-5,7,11H,6H2,1-2H3,(H,15,16). The SMILES string of the molecule is CC(C)C1CSC(Nc2ccc(Br)cc2Cl)=N1. The number of thioether (sulfide) groups is 1. The molecule has 0 fully saturated rings. The summed E-state index contributed by atoms with van der Waals surface area (Å²) < 4.78 is 0.981. The van der Waals surface area contributed by atoms with Crippen molar-refractivity contribution in [2.45, 2.75) is 19.9 Å². The third kappa shape index (κ3) is 3.39. The van der Waals surface area contributed by atoms with Crippen LogP contribution in [0.4, 0.5) is 5.69 Å². The second-order valence-electron chi connectivity index (χ2n) is 4.31. The molecule has 1 aromatic carbocycles. The van der Waals surface area contributed by atoms with Crippen molar-refractivity contribution in [3.8, 4) is 0 Å². The smallest absolute Gasteiger partial charge is 0.161 e. The average molecular weight is 334 g/mol. The molecule has 1 N–H and O–H groups in total. The summed E-state index contributed by atoms with van der Waals surface area (Å²) in [7, 11) is 0. The van der Waals surface area contributed by atoms with Crippen LogP contribution in [0.15, 0.2) is 27.7 Å². The van der Waals surface area contributed by atoms with Gasteiger partial charge in [-0.2, -0.15) is 0 Å². The van der Waals surface area contributed by atoms with Crippen LogP contribution in [0.2, 0.25) is 5.02 Å². The fourth-order valence-corrected chi connectivity index (χ4v) is 3.41. The van der Waals surface area contributed by atoms with Gasteiger partial charge in [0.25, 0.3) is 0 Å². The Morgan fingerprint density at radius 3 is 2.88 bits per heavy atom. The molecule has 0 spiro atoms. The summed E-state index contributed by atoms with van der Waals surface area (Å²) >= 11 is 11.3. The van der Waals surface area contributed by atoms with E-state index in [4.69, 9.17) is 11.6 Å². The van der Waals surface area contributed by atoms with Crippen LogP contribution in [-0.4, -0.2) is 17.0 Å². The molecule has 0 amide bonds. The van der Waals surface area contributed by atoms with Crippen molar-refractivity contribution in [3.05, 3.63) is 27.7 Å². The maximum absolute atomic E-state index is 6.15. The topological polar surface area (TPSA) is 24.4 Å². The van der Waals surface area contributed by atoms with Gasteiger partial charge in [-0.15, -0.1) is 0 Å². The Morgan fingerprint density at radius 2 is 2.29 bits per heavy atom. The number of rotatable bonds is 2.